The Labute approximate surface area is 232 Å². The van der Waals surface area contributed by atoms with Gasteiger partial charge in [0, 0.05) is 22.9 Å². The number of nitrogens with one attached hydrogen (secondary N) is 2. The molecule has 9 heteroatoms. The number of anilines is 1. The maximum absolute atomic E-state index is 12.5. The molecule has 0 saturated heterocycles. The molecule has 37 heavy (non-hydrogen) atoms. The summed E-state index contributed by atoms with van der Waals surface area (Å²) in [5.74, 6) is 0.642. The highest BCUT2D eigenvalue weighted by Gasteiger charge is 2.13. The number of rotatable bonds is 5. The van der Waals surface area contributed by atoms with Crippen LogP contribution in [0.15, 0.2) is 83.3 Å². The topological polar surface area (TPSA) is 67.2 Å². The normalized spacial score (nSPS) is 11.2. The molecule has 184 valence electrons. The van der Waals surface area contributed by atoms with E-state index in [1.807, 2.05) is 49.4 Å². The second-order valence-electron chi connectivity index (χ2n) is 8.04. The highest BCUT2D eigenvalue weighted by molar-refractivity contribution is 7.80. The Morgan fingerprint density at radius 3 is 2.62 bits per heavy atom. The Morgan fingerprint density at radius 1 is 1.00 bits per heavy atom. The van der Waals surface area contributed by atoms with Gasteiger partial charge in [-0.15, -0.1) is 11.3 Å². The molecule has 0 fully saturated rings. The van der Waals surface area contributed by atoms with Crippen molar-refractivity contribution in [2.45, 2.75) is 6.92 Å². The van der Waals surface area contributed by atoms with Gasteiger partial charge in [-0.2, -0.15) is 0 Å². The van der Waals surface area contributed by atoms with Gasteiger partial charge < -0.3 is 9.73 Å². The third-order valence-electron chi connectivity index (χ3n) is 5.59. The number of aromatic nitrogens is 1. The van der Waals surface area contributed by atoms with E-state index in [1.54, 1.807) is 41.7 Å². The lowest BCUT2D eigenvalue weighted by molar-refractivity contribution is -0.115. The largest absolute Gasteiger partial charge is 0.457 e. The highest BCUT2D eigenvalue weighted by Crippen LogP contribution is 2.35. The van der Waals surface area contributed by atoms with Gasteiger partial charge in [-0.25, -0.2) is 4.98 Å². The quantitative estimate of drug-likeness (QED) is 0.166. The first kappa shape index (κ1) is 25.2. The number of amides is 1. The van der Waals surface area contributed by atoms with E-state index in [0.717, 1.165) is 32.0 Å². The summed E-state index contributed by atoms with van der Waals surface area (Å²) in [5.41, 5.74) is 4.42. The third kappa shape index (κ3) is 5.60. The minimum absolute atomic E-state index is 0.185. The number of thiocarbonyl (C=S) groups is 1. The molecule has 5 aromatic rings. The number of halogens is 2. The lowest BCUT2D eigenvalue weighted by Crippen LogP contribution is -2.33. The number of carbonyl (C=O) groups excluding carboxylic acids is 1. The van der Waals surface area contributed by atoms with E-state index in [-0.39, 0.29) is 5.11 Å². The Kier molecular flexibility index (Phi) is 7.39. The summed E-state index contributed by atoms with van der Waals surface area (Å²) >= 11 is 19.4. The van der Waals surface area contributed by atoms with Gasteiger partial charge in [0.2, 0.25) is 5.91 Å². The number of hydrogen-bond donors (Lipinski definition) is 2. The van der Waals surface area contributed by atoms with Crippen LogP contribution < -0.4 is 10.6 Å². The molecule has 0 unspecified atom stereocenters. The molecule has 2 heterocycles. The number of hydrogen-bond acceptors (Lipinski definition) is 5. The zero-order valence-electron chi connectivity index (χ0n) is 19.4. The van der Waals surface area contributed by atoms with Crippen LogP contribution >= 0.6 is 46.8 Å². The van der Waals surface area contributed by atoms with Crippen molar-refractivity contribution < 1.29 is 9.21 Å². The summed E-state index contributed by atoms with van der Waals surface area (Å²) in [7, 11) is 0. The molecule has 0 bridgehead atoms. The summed E-state index contributed by atoms with van der Waals surface area (Å²) in [4.78, 5) is 17.2. The minimum Gasteiger partial charge on any atom is -0.457 e. The van der Waals surface area contributed by atoms with Gasteiger partial charge >= 0.3 is 0 Å². The van der Waals surface area contributed by atoms with Crippen LogP contribution in [0.3, 0.4) is 0 Å². The molecular weight excluding hydrogens is 545 g/mol. The molecule has 1 amide bonds. The molecular formula is C28H19Cl2N3O2S2. The van der Waals surface area contributed by atoms with Gasteiger partial charge in [0.05, 0.1) is 20.3 Å². The fourth-order valence-corrected chi connectivity index (χ4v) is 5.39. The number of para-hydroxylation sites is 1. The Bertz CT molecular complexity index is 1640. The van der Waals surface area contributed by atoms with Crippen LogP contribution in [-0.4, -0.2) is 16.0 Å². The SMILES string of the molecule is Cc1c(NC(=S)NC(=O)C=Cc2ccc(-c3cccc(Cl)c3Cl)o2)cccc1-c1nc2ccccc2s1. The smallest absolute Gasteiger partial charge is 0.250 e. The van der Waals surface area contributed by atoms with Crippen LogP contribution in [0.1, 0.15) is 11.3 Å². The molecule has 2 N–H and O–H groups in total. The van der Waals surface area contributed by atoms with Crippen LogP contribution in [0, 0.1) is 6.92 Å². The Hall–Kier alpha value is -3.49. The molecule has 0 atom stereocenters. The van der Waals surface area contributed by atoms with Crippen molar-refractivity contribution in [3.05, 3.63) is 100 Å². The van der Waals surface area contributed by atoms with Gasteiger partial charge in [-0.1, -0.05) is 53.5 Å². The second kappa shape index (κ2) is 10.9. The van der Waals surface area contributed by atoms with E-state index in [2.05, 4.69) is 16.7 Å². The second-order valence-corrected chi connectivity index (χ2v) is 10.3. The number of fused-ring (bicyclic) bond motifs is 1. The van der Waals surface area contributed by atoms with Gasteiger partial charge in [0.15, 0.2) is 5.11 Å². The Morgan fingerprint density at radius 2 is 1.78 bits per heavy atom. The predicted molar refractivity (Wildman–Crippen MR) is 157 cm³/mol. The highest BCUT2D eigenvalue weighted by atomic mass is 35.5. The van der Waals surface area contributed by atoms with Crippen molar-refractivity contribution in [1.29, 1.82) is 0 Å². The van der Waals surface area contributed by atoms with Gasteiger partial charge in [0.25, 0.3) is 0 Å². The van der Waals surface area contributed by atoms with Crippen LogP contribution in [0.25, 0.3) is 38.2 Å². The van der Waals surface area contributed by atoms with Crippen molar-refractivity contribution in [3.8, 4) is 21.9 Å². The fraction of sp³-hybridized carbons (Fsp3) is 0.0357. The van der Waals surface area contributed by atoms with Gasteiger partial charge in [-0.3, -0.25) is 10.1 Å². The molecule has 5 nitrogen and oxygen atoms in total. The van der Waals surface area contributed by atoms with E-state index in [9.17, 15) is 4.79 Å². The third-order valence-corrected chi connectivity index (χ3v) is 7.68. The van der Waals surface area contributed by atoms with Gasteiger partial charge in [-0.05, 0) is 73.2 Å². The average molecular weight is 565 g/mol. The Balaban J connectivity index is 1.24. The number of thiazole rings is 1. The van der Waals surface area contributed by atoms with Crippen molar-refractivity contribution >= 4 is 79.8 Å². The summed E-state index contributed by atoms with van der Waals surface area (Å²) < 4.78 is 6.91. The van der Waals surface area contributed by atoms with E-state index >= 15 is 0 Å². The molecule has 0 saturated carbocycles. The molecule has 2 aromatic heterocycles. The average Bonchev–Trinajstić information content (AvgIpc) is 3.53. The predicted octanol–water partition coefficient (Wildman–Crippen LogP) is 8.36. The van der Waals surface area contributed by atoms with Crippen LogP contribution in [-0.2, 0) is 4.79 Å². The van der Waals surface area contributed by atoms with Crippen molar-refractivity contribution in [2.24, 2.45) is 0 Å². The summed E-state index contributed by atoms with van der Waals surface area (Å²) in [6, 6.07) is 22.7. The molecule has 0 spiro atoms. The molecule has 0 aliphatic rings. The summed E-state index contributed by atoms with van der Waals surface area (Å²) in [6.07, 6.45) is 2.90. The number of benzene rings is 3. The minimum atomic E-state index is -0.392. The maximum Gasteiger partial charge on any atom is 0.250 e. The first-order valence-electron chi connectivity index (χ1n) is 11.2. The summed E-state index contributed by atoms with van der Waals surface area (Å²) in [6.45, 7) is 1.99. The van der Waals surface area contributed by atoms with Crippen LogP contribution in [0.5, 0.6) is 0 Å². The van der Waals surface area contributed by atoms with E-state index in [1.165, 1.54) is 6.08 Å². The number of furan rings is 1. The lowest BCUT2D eigenvalue weighted by atomic mass is 10.1. The molecule has 5 rings (SSSR count). The molecule has 0 radical (unpaired) electrons. The number of nitrogens with zero attached hydrogens (tertiary/aromatic N) is 1. The van der Waals surface area contributed by atoms with Gasteiger partial charge in [0.1, 0.15) is 16.5 Å². The first-order valence-corrected chi connectivity index (χ1v) is 13.2. The maximum atomic E-state index is 12.5. The van der Waals surface area contributed by atoms with Crippen molar-refractivity contribution in [1.82, 2.24) is 10.3 Å². The lowest BCUT2D eigenvalue weighted by Gasteiger charge is -2.13. The molecule has 3 aromatic carbocycles. The zero-order valence-corrected chi connectivity index (χ0v) is 22.6. The van der Waals surface area contributed by atoms with E-state index in [4.69, 9.17) is 44.8 Å². The standard InChI is InChI=1S/C28H19Cl2N3O2S2/c1-16-18(27-31-22-9-2-3-11-24(22)37-27)6-5-10-21(16)32-28(36)33-25(34)15-13-17-12-14-23(35-17)19-7-4-8-20(29)26(19)30/h2-15H,1H3,(H2,32,33,34,36). The monoisotopic (exact) mass is 563 g/mol. The van der Waals surface area contributed by atoms with Crippen molar-refractivity contribution in [2.75, 3.05) is 5.32 Å². The van der Waals surface area contributed by atoms with Crippen LogP contribution in [0.4, 0.5) is 5.69 Å². The van der Waals surface area contributed by atoms with Crippen molar-refractivity contribution in [3.63, 3.8) is 0 Å². The fourth-order valence-electron chi connectivity index (χ4n) is 3.74. The molecule has 0 aliphatic carbocycles. The van der Waals surface area contributed by atoms with E-state index < -0.39 is 5.91 Å². The zero-order chi connectivity index (χ0) is 25.9. The first-order chi connectivity index (χ1) is 17.9. The summed E-state index contributed by atoms with van der Waals surface area (Å²) in [5, 5.41) is 7.74. The van der Waals surface area contributed by atoms with E-state index in [0.29, 0.717) is 27.1 Å². The van der Waals surface area contributed by atoms with Crippen LogP contribution in [0.2, 0.25) is 10.0 Å². The molecule has 0 aliphatic heterocycles. The number of carbonyl (C=O) groups is 1.